The quantitative estimate of drug-likeness (QED) is 0.821. The van der Waals surface area contributed by atoms with Crippen LogP contribution >= 0.6 is 0 Å². The molecule has 1 aliphatic heterocycles. The highest BCUT2D eigenvalue weighted by Crippen LogP contribution is 2.46. The average molecular weight is 365 g/mol. The third-order valence-electron chi connectivity index (χ3n) is 6.32. The Morgan fingerprint density at radius 3 is 2.58 bits per heavy atom. The number of halogens is 2. The lowest BCUT2D eigenvalue weighted by atomic mass is 9.65. The predicted molar refractivity (Wildman–Crippen MR) is 96.9 cm³/mol. The Labute approximate surface area is 154 Å². The zero-order valence-corrected chi connectivity index (χ0v) is 15.5. The molecule has 1 N–H and O–H groups in total. The van der Waals surface area contributed by atoms with E-state index in [2.05, 4.69) is 0 Å². The molecule has 1 spiro atoms. The minimum absolute atomic E-state index is 0.0708. The molecule has 5 heteroatoms. The number of rotatable bonds is 6. The molecule has 1 heterocycles. The molecule has 3 rings (SSSR count). The average Bonchev–Trinajstić information content (AvgIpc) is 2.61. The van der Waals surface area contributed by atoms with E-state index in [4.69, 9.17) is 0 Å². The summed E-state index contributed by atoms with van der Waals surface area (Å²) in [4.78, 5) is 14.2. The topological polar surface area (TPSA) is 40.5 Å². The van der Waals surface area contributed by atoms with E-state index >= 15 is 0 Å². The molecule has 1 atom stereocenters. The highest BCUT2D eigenvalue weighted by atomic mass is 19.3. The summed E-state index contributed by atoms with van der Waals surface area (Å²) in [6.07, 6.45) is 3.53. The van der Waals surface area contributed by atoms with Crippen molar-refractivity contribution >= 4 is 5.91 Å². The summed E-state index contributed by atoms with van der Waals surface area (Å²) in [5.74, 6) is 0.372. The van der Waals surface area contributed by atoms with Gasteiger partial charge in [-0.2, -0.15) is 0 Å². The van der Waals surface area contributed by atoms with Gasteiger partial charge in [0.2, 0.25) is 5.91 Å². The number of aliphatic hydroxyl groups is 1. The smallest absolute Gasteiger partial charge is 0.263 e. The Morgan fingerprint density at radius 1 is 1.31 bits per heavy atom. The maximum Gasteiger partial charge on any atom is 0.263 e. The fourth-order valence-electron chi connectivity index (χ4n) is 4.56. The van der Waals surface area contributed by atoms with E-state index in [0.717, 1.165) is 50.8 Å². The summed E-state index contributed by atoms with van der Waals surface area (Å²) in [7, 11) is 0. The van der Waals surface area contributed by atoms with Crippen molar-refractivity contribution in [3.05, 3.63) is 35.4 Å². The standard InChI is InChI=1S/C21H29F2NO2/c1-2-17(12-25)20(26)24-13-21(14-24)8-6-15(7-9-21)10-16-4-3-5-18(11-16)19(22)23/h3-5,11,15,17,19,25H,2,6-10,12-14H2,1H3/t17-/m1/s1. The van der Waals surface area contributed by atoms with Crippen LogP contribution in [0.3, 0.4) is 0 Å². The summed E-state index contributed by atoms with van der Waals surface area (Å²) in [6.45, 7) is 3.49. The number of aliphatic hydroxyl groups excluding tert-OH is 1. The third kappa shape index (κ3) is 4.08. The molecular formula is C21H29F2NO2. The van der Waals surface area contributed by atoms with Crippen molar-refractivity contribution in [3.63, 3.8) is 0 Å². The molecule has 1 saturated heterocycles. The van der Waals surface area contributed by atoms with Gasteiger partial charge in [-0.1, -0.05) is 31.2 Å². The molecule has 3 nitrogen and oxygen atoms in total. The van der Waals surface area contributed by atoms with Gasteiger partial charge in [-0.15, -0.1) is 0 Å². The summed E-state index contributed by atoms with van der Waals surface area (Å²) in [5, 5.41) is 9.30. The molecule has 1 amide bonds. The molecule has 1 aromatic carbocycles. The number of benzene rings is 1. The van der Waals surface area contributed by atoms with E-state index in [1.54, 1.807) is 12.1 Å². The van der Waals surface area contributed by atoms with E-state index in [1.807, 2.05) is 17.9 Å². The van der Waals surface area contributed by atoms with Gasteiger partial charge in [0, 0.05) is 24.1 Å². The number of carbonyl (C=O) groups excluding carboxylic acids is 1. The van der Waals surface area contributed by atoms with Crippen molar-refractivity contribution in [1.29, 1.82) is 0 Å². The minimum atomic E-state index is -2.41. The molecule has 1 aromatic rings. The van der Waals surface area contributed by atoms with Crippen LogP contribution in [0.1, 0.15) is 56.6 Å². The Balaban J connectivity index is 1.48. The van der Waals surface area contributed by atoms with Crippen molar-refractivity contribution in [2.45, 2.75) is 51.9 Å². The fraction of sp³-hybridized carbons (Fsp3) is 0.667. The number of likely N-dealkylation sites (tertiary alicyclic amines) is 1. The van der Waals surface area contributed by atoms with Crippen LogP contribution in [-0.2, 0) is 11.2 Å². The minimum Gasteiger partial charge on any atom is -0.396 e. The fourth-order valence-corrected chi connectivity index (χ4v) is 4.56. The van der Waals surface area contributed by atoms with Crippen LogP contribution in [0.4, 0.5) is 8.78 Å². The maximum absolute atomic E-state index is 12.8. The molecule has 0 aromatic heterocycles. The first-order valence-corrected chi connectivity index (χ1v) is 9.73. The van der Waals surface area contributed by atoms with E-state index in [-0.39, 0.29) is 29.4 Å². The molecular weight excluding hydrogens is 336 g/mol. The third-order valence-corrected chi connectivity index (χ3v) is 6.32. The van der Waals surface area contributed by atoms with E-state index in [0.29, 0.717) is 12.3 Å². The van der Waals surface area contributed by atoms with E-state index < -0.39 is 6.43 Å². The second-order valence-electron chi connectivity index (χ2n) is 8.18. The van der Waals surface area contributed by atoms with Gasteiger partial charge >= 0.3 is 0 Å². The van der Waals surface area contributed by atoms with Crippen LogP contribution in [0.15, 0.2) is 24.3 Å². The molecule has 144 valence electrons. The van der Waals surface area contributed by atoms with E-state index in [9.17, 15) is 18.7 Å². The molecule has 0 bridgehead atoms. The Bertz CT molecular complexity index is 614. The second-order valence-corrected chi connectivity index (χ2v) is 8.18. The maximum atomic E-state index is 12.8. The van der Waals surface area contributed by atoms with Crippen molar-refractivity contribution in [2.24, 2.45) is 17.3 Å². The van der Waals surface area contributed by atoms with Gasteiger partial charge in [0.1, 0.15) is 0 Å². The number of hydrogen-bond acceptors (Lipinski definition) is 2. The van der Waals surface area contributed by atoms with Crippen LogP contribution in [0.25, 0.3) is 0 Å². The number of carbonyl (C=O) groups is 1. The lowest BCUT2D eigenvalue weighted by Crippen LogP contribution is -2.60. The van der Waals surface area contributed by atoms with Crippen LogP contribution in [0.2, 0.25) is 0 Å². The monoisotopic (exact) mass is 365 g/mol. The zero-order chi connectivity index (χ0) is 18.7. The van der Waals surface area contributed by atoms with Crippen molar-refractivity contribution in [2.75, 3.05) is 19.7 Å². The van der Waals surface area contributed by atoms with Gasteiger partial charge < -0.3 is 10.0 Å². The molecule has 2 aliphatic rings. The first kappa shape index (κ1) is 19.3. The Hall–Kier alpha value is -1.49. The van der Waals surface area contributed by atoms with Crippen LogP contribution in [0.5, 0.6) is 0 Å². The number of amides is 1. The normalized spacial score (nSPS) is 21.0. The van der Waals surface area contributed by atoms with Gasteiger partial charge in [0.15, 0.2) is 0 Å². The molecule has 1 saturated carbocycles. The first-order chi connectivity index (χ1) is 12.5. The molecule has 0 radical (unpaired) electrons. The predicted octanol–water partition coefficient (Wildman–Crippen LogP) is 4.20. The largest absolute Gasteiger partial charge is 0.396 e. The Kier molecular flexibility index (Phi) is 5.96. The van der Waals surface area contributed by atoms with Crippen molar-refractivity contribution < 1.29 is 18.7 Å². The van der Waals surface area contributed by atoms with Gasteiger partial charge in [-0.05, 0) is 50.0 Å². The van der Waals surface area contributed by atoms with Gasteiger partial charge in [-0.3, -0.25) is 4.79 Å². The molecule has 0 unspecified atom stereocenters. The molecule has 26 heavy (non-hydrogen) atoms. The lowest BCUT2D eigenvalue weighted by molar-refractivity contribution is -0.152. The summed E-state index contributed by atoms with van der Waals surface area (Å²) in [5.41, 5.74) is 1.37. The van der Waals surface area contributed by atoms with Gasteiger partial charge in [-0.25, -0.2) is 8.78 Å². The number of hydrogen-bond donors (Lipinski definition) is 1. The first-order valence-electron chi connectivity index (χ1n) is 9.73. The van der Waals surface area contributed by atoms with Crippen molar-refractivity contribution in [3.8, 4) is 0 Å². The highest BCUT2D eigenvalue weighted by molar-refractivity contribution is 5.80. The van der Waals surface area contributed by atoms with Crippen LogP contribution in [0, 0.1) is 17.3 Å². The van der Waals surface area contributed by atoms with Crippen LogP contribution in [-0.4, -0.2) is 35.6 Å². The summed E-state index contributed by atoms with van der Waals surface area (Å²) < 4.78 is 25.7. The Morgan fingerprint density at radius 2 is 2.00 bits per heavy atom. The molecule has 1 aliphatic carbocycles. The lowest BCUT2D eigenvalue weighted by Gasteiger charge is -2.54. The summed E-state index contributed by atoms with van der Waals surface area (Å²) in [6, 6.07) is 6.79. The number of alkyl halides is 2. The zero-order valence-electron chi connectivity index (χ0n) is 15.5. The second kappa shape index (κ2) is 8.03. The SMILES string of the molecule is CC[C@H](CO)C(=O)N1CC2(CCC(Cc3cccc(C(F)F)c3)CC2)C1. The highest BCUT2D eigenvalue weighted by Gasteiger charge is 2.47. The van der Waals surface area contributed by atoms with Gasteiger partial charge in [0.25, 0.3) is 6.43 Å². The molecule has 2 fully saturated rings. The van der Waals surface area contributed by atoms with E-state index in [1.165, 1.54) is 6.07 Å². The number of nitrogens with zero attached hydrogens (tertiary/aromatic N) is 1. The summed E-state index contributed by atoms with van der Waals surface area (Å²) >= 11 is 0. The van der Waals surface area contributed by atoms with Gasteiger partial charge in [0.05, 0.1) is 12.5 Å². The van der Waals surface area contributed by atoms with Crippen LogP contribution < -0.4 is 0 Å². The van der Waals surface area contributed by atoms with Crippen molar-refractivity contribution in [1.82, 2.24) is 4.90 Å².